The van der Waals surface area contributed by atoms with Crippen LogP contribution in [0.2, 0.25) is 0 Å². The summed E-state index contributed by atoms with van der Waals surface area (Å²) in [5, 5.41) is 14.2. The Morgan fingerprint density at radius 3 is 2.75 bits per heavy atom. The Morgan fingerprint density at radius 1 is 1.25 bits per heavy atom. The molecule has 24 heavy (non-hydrogen) atoms. The molecule has 2 unspecified atom stereocenters. The summed E-state index contributed by atoms with van der Waals surface area (Å²) < 4.78 is 5.98. The molecule has 128 valence electrons. The average Bonchev–Trinajstić information content (AvgIpc) is 3.18. The van der Waals surface area contributed by atoms with Gasteiger partial charge in [0.15, 0.2) is 0 Å². The van der Waals surface area contributed by atoms with Crippen molar-refractivity contribution in [2.75, 3.05) is 19.7 Å². The molecule has 2 heterocycles. The summed E-state index contributed by atoms with van der Waals surface area (Å²) in [7, 11) is 0. The summed E-state index contributed by atoms with van der Waals surface area (Å²) in [5.41, 5.74) is 2.31. The van der Waals surface area contributed by atoms with Crippen molar-refractivity contribution in [3.8, 4) is 17.0 Å². The summed E-state index contributed by atoms with van der Waals surface area (Å²) in [6.45, 7) is 2.80. The molecule has 0 radical (unpaired) electrons. The van der Waals surface area contributed by atoms with E-state index in [-0.39, 0.29) is 5.38 Å². The van der Waals surface area contributed by atoms with Gasteiger partial charge in [0.1, 0.15) is 11.4 Å². The molecule has 1 aliphatic heterocycles. The first kappa shape index (κ1) is 15.9. The molecule has 0 bridgehead atoms. The smallest absolute Gasteiger partial charge is 0.119 e. The van der Waals surface area contributed by atoms with Crippen LogP contribution in [0.5, 0.6) is 5.75 Å². The highest BCUT2D eigenvalue weighted by molar-refractivity contribution is 6.21. The molecule has 2 aliphatic rings. The Labute approximate surface area is 147 Å². The van der Waals surface area contributed by atoms with Gasteiger partial charge in [0.05, 0.1) is 12.8 Å². The molecule has 6 heteroatoms. The van der Waals surface area contributed by atoms with Gasteiger partial charge >= 0.3 is 0 Å². The van der Waals surface area contributed by atoms with Crippen LogP contribution in [0.4, 0.5) is 0 Å². The average molecular weight is 347 g/mol. The van der Waals surface area contributed by atoms with E-state index in [1.54, 1.807) is 6.20 Å². The molecule has 1 saturated carbocycles. The number of H-pyrrole nitrogens is 1. The van der Waals surface area contributed by atoms with E-state index in [1.807, 2.05) is 24.3 Å². The van der Waals surface area contributed by atoms with Crippen molar-refractivity contribution in [3.05, 3.63) is 30.5 Å². The highest BCUT2D eigenvalue weighted by Gasteiger charge is 2.51. The molecule has 1 aromatic carbocycles. The van der Waals surface area contributed by atoms with E-state index in [9.17, 15) is 0 Å². The molecular formula is C18H23ClN4O. The lowest BCUT2D eigenvalue weighted by Crippen LogP contribution is -2.41. The highest BCUT2D eigenvalue weighted by Crippen LogP contribution is 2.58. The molecule has 1 aliphatic carbocycles. The first-order valence-electron chi connectivity index (χ1n) is 8.71. The monoisotopic (exact) mass is 346 g/mol. The van der Waals surface area contributed by atoms with Crippen molar-refractivity contribution in [1.82, 2.24) is 20.7 Å². The Bertz CT molecular complexity index is 654. The fraction of sp³-hybridized carbons (Fsp3) is 0.556. The molecule has 2 atom stereocenters. The van der Waals surface area contributed by atoms with Crippen LogP contribution >= 0.6 is 11.6 Å². The number of nitrogens with one attached hydrogen (secondary N) is 2. The molecule has 2 N–H and O–H groups in total. The van der Waals surface area contributed by atoms with Gasteiger partial charge in [0.2, 0.25) is 0 Å². The van der Waals surface area contributed by atoms with E-state index in [0.29, 0.717) is 11.3 Å². The number of piperidine rings is 1. The number of hydrogen-bond donors (Lipinski definition) is 2. The predicted octanol–water partition coefficient (Wildman–Crippen LogP) is 3.24. The highest BCUT2D eigenvalue weighted by atomic mass is 35.5. The standard InChI is InChI=1S/C18H23ClN4O/c19-16-11-20-9-5-15(16)18(6-7-18)8-10-24-14-3-1-13(2-4-14)17-12-21-23-22-17/h1-4,12,15-16,20H,5-11H2,(H,21,22,23). The second kappa shape index (κ2) is 6.73. The van der Waals surface area contributed by atoms with E-state index in [2.05, 4.69) is 20.7 Å². The van der Waals surface area contributed by atoms with Crippen LogP contribution < -0.4 is 10.1 Å². The number of alkyl halides is 1. The number of benzene rings is 1. The van der Waals surface area contributed by atoms with E-state index in [4.69, 9.17) is 16.3 Å². The molecule has 1 saturated heterocycles. The lowest BCUT2D eigenvalue weighted by atomic mass is 9.80. The SMILES string of the molecule is ClC1CNCCC1C1(CCOc2ccc(-c3cn[nH]n3)cc2)CC1. The molecule has 5 nitrogen and oxygen atoms in total. The maximum atomic E-state index is 6.55. The molecular weight excluding hydrogens is 324 g/mol. The normalized spacial score (nSPS) is 25.4. The number of ether oxygens (including phenoxy) is 1. The fourth-order valence-electron chi connectivity index (χ4n) is 3.91. The summed E-state index contributed by atoms with van der Waals surface area (Å²) in [4.78, 5) is 0. The van der Waals surface area contributed by atoms with Crippen LogP contribution in [0.15, 0.2) is 30.5 Å². The summed E-state index contributed by atoms with van der Waals surface area (Å²) in [6, 6.07) is 8.03. The van der Waals surface area contributed by atoms with Gasteiger partial charge in [-0.05, 0) is 67.8 Å². The van der Waals surface area contributed by atoms with Gasteiger partial charge in [0, 0.05) is 17.5 Å². The van der Waals surface area contributed by atoms with Gasteiger partial charge in [-0.1, -0.05) is 0 Å². The van der Waals surface area contributed by atoms with Gasteiger partial charge in [-0.3, -0.25) is 0 Å². The number of hydrogen-bond acceptors (Lipinski definition) is 4. The third-order valence-electron chi connectivity index (χ3n) is 5.52. The number of halogens is 1. The Morgan fingerprint density at radius 2 is 2.08 bits per heavy atom. The van der Waals surface area contributed by atoms with Gasteiger partial charge in [-0.2, -0.15) is 15.4 Å². The number of aromatic amines is 1. The minimum atomic E-state index is 0.267. The third kappa shape index (κ3) is 3.28. The van der Waals surface area contributed by atoms with E-state index >= 15 is 0 Å². The third-order valence-corrected chi connectivity index (χ3v) is 5.98. The van der Waals surface area contributed by atoms with Crippen molar-refractivity contribution in [2.45, 2.75) is 31.1 Å². The minimum Gasteiger partial charge on any atom is -0.494 e. The number of nitrogens with zero attached hydrogens (tertiary/aromatic N) is 2. The zero-order chi connectivity index (χ0) is 16.4. The lowest BCUT2D eigenvalue weighted by molar-refractivity contribution is 0.188. The van der Waals surface area contributed by atoms with Crippen molar-refractivity contribution >= 4 is 11.6 Å². The number of rotatable bonds is 6. The Balaban J connectivity index is 1.31. The van der Waals surface area contributed by atoms with Crippen molar-refractivity contribution in [2.24, 2.45) is 11.3 Å². The first-order chi connectivity index (χ1) is 11.8. The summed E-state index contributed by atoms with van der Waals surface area (Å²) in [5.74, 6) is 1.55. The van der Waals surface area contributed by atoms with Gasteiger partial charge in [0.25, 0.3) is 0 Å². The molecule has 0 amide bonds. The van der Waals surface area contributed by atoms with Crippen LogP contribution in [0.25, 0.3) is 11.3 Å². The Kier molecular flexibility index (Phi) is 4.46. The van der Waals surface area contributed by atoms with Crippen molar-refractivity contribution in [1.29, 1.82) is 0 Å². The maximum Gasteiger partial charge on any atom is 0.119 e. The fourth-order valence-corrected chi connectivity index (χ4v) is 4.41. The minimum absolute atomic E-state index is 0.267. The topological polar surface area (TPSA) is 62.8 Å². The number of aromatic nitrogens is 3. The lowest BCUT2D eigenvalue weighted by Gasteiger charge is -2.34. The maximum absolute atomic E-state index is 6.55. The van der Waals surface area contributed by atoms with Crippen LogP contribution in [0.3, 0.4) is 0 Å². The predicted molar refractivity (Wildman–Crippen MR) is 94.2 cm³/mol. The van der Waals surface area contributed by atoms with E-state index in [0.717, 1.165) is 43.1 Å². The molecule has 0 spiro atoms. The van der Waals surface area contributed by atoms with Crippen LogP contribution in [0.1, 0.15) is 25.7 Å². The van der Waals surface area contributed by atoms with Crippen LogP contribution in [-0.2, 0) is 0 Å². The molecule has 1 aromatic heterocycles. The second-order valence-corrected chi connectivity index (χ2v) is 7.52. The molecule has 2 aromatic rings. The first-order valence-corrected chi connectivity index (χ1v) is 9.14. The van der Waals surface area contributed by atoms with E-state index < -0.39 is 0 Å². The zero-order valence-corrected chi connectivity index (χ0v) is 14.4. The summed E-state index contributed by atoms with van der Waals surface area (Å²) >= 11 is 6.55. The zero-order valence-electron chi connectivity index (χ0n) is 13.7. The van der Waals surface area contributed by atoms with Crippen LogP contribution in [0, 0.1) is 11.3 Å². The van der Waals surface area contributed by atoms with Gasteiger partial charge < -0.3 is 10.1 Å². The van der Waals surface area contributed by atoms with E-state index in [1.165, 1.54) is 19.3 Å². The van der Waals surface area contributed by atoms with Crippen molar-refractivity contribution < 1.29 is 4.74 Å². The quantitative estimate of drug-likeness (QED) is 0.788. The molecule has 4 rings (SSSR count). The van der Waals surface area contributed by atoms with Gasteiger partial charge in [-0.25, -0.2) is 0 Å². The van der Waals surface area contributed by atoms with Crippen LogP contribution in [-0.4, -0.2) is 40.5 Å². The largest absolute Gasteiger partial charge is 0.494 e. The van der Waals surface area contributed by atoms with Gasteiger partial charge in [-0.15, -0.1) is 11.6 Å². The molecule has 2 fully saturated rings. The second-order valence-electron chi connectivity index (χ2n) is 6.96. The summed E-state index contributed by atoms with van der Waals surface area (Å²) in [6.07, 6.45) is 6.62. The van der Waals surface area contributed by atoms with Crippen molar-refractivity contribution in [3.63, 3.8) is 0 Å². The Hall–Kier alpha value is -1.59.